The normalized spacial score (nSPS) is 12.2. The number of sulfone groups is 1. The van der Waals surface area contributed by atoms with Crippen LogP contribution >= 0.6 is 15.9 Å². The van der Waals surface area contributed by atoms with Gasteiger partial charge in [0.2, 0.25) is 5.91 Å². The molecule has 8 heteroatoms. The Kier molecular flexibility index (Phi) is 5.73. The van der Waals surface area contributed by atoms with Crippen molar-refractivity contribution in [1.29, 1.82) is 0 Å². The average molecular weight is 428 g/mol. The summed E-state index contributed by atoms with van der Waals surface area (Å²) in [4.78, 5) is 12.2. The van der Waals surface area contributed by atoms with E-state index in [0.29, 0.717) is 11.4 Å². The number of anilines is 1. The first-order valence-corrected chi connectivity index (χ1v) is 10.4. The van der Waals surface area contributed by atoms with Gasteiger partial charge in [-0.05, 0) is 45.4 Å². The summed E-state index contributed by atoms with van der Waals surface area (Å²) in [5.74, 6) is -0.835. The maximum absolute atomic E-state index is 12.3. The number of benzene rings is 1. The number of nitrogens with one attached hydrogen (secondary N) is 1. The highest BCUT2D eigenvalue weighted by Gasteiger charge is 2.22. The van der Waals surface area contributed by atoms with Gasteiger partial charge in [0.05, 0.1) is 17.0 Å². The van der Waals surface area contributed by atoms with Gasteiger partial charge < -0.3 is 5.32 Å². The Morgan fingerprint density at radius 3 is 2.56 bits per heavy atom. The second kappa shape index (κ2) is 7.29. The number of nitrogens with zero attached hydrogens (tertiary/aromatic N) is 2. The Morgan fingerprint density at radius 2 is 1.96 bits per heavy atom. The molecule has 1 aromatic heterocycles. The number of rotatable bonds is 5. The molecule has 0 bridgehead atoms. The molecule has 0 fully saturated rings. The van der Waals surface area contributed by atoms with Crippen LogP contribution in [-0.4, -0.2) is 29.9 Å². The van der Waals surface area contributed by atoms with Crippen molar-refractivity contribution in [2.24, 2.45) is 0 Å². The van der Waals surface area contributed by atoms with Crippen molar-refractivity contribution in [3.63, 3.8) is 0 Å². The molecule has 0 spiro atoms. The predicted octanol–water partition coefficient (Wildman–Crippen LogP) is 3.26. The van der Waals surface area contributed by atoms with Crippen molar-refractivity contribution in [1.82, 2.24) is 9.78 Å². The van der Waals surface area contributed by atoms with Crippen molar-refractivity contribution in [3.05, 3.63) is 46.1 Å². The van der Waals surface area contributed by atoms with Gasteiger partial charge in [-0.25, -0.2) is 13.1 Å². The van der Waals surface area contributed by atoms with E-state index in [0.717, 1.165) is 10.2 Å². The lowest BCUT2D eigenvalue weighted by molar-refractivity contribution is -0.113. The molecule has 1 N–H and O–H groups in total. The van der Waals surface area contributed by atoms with Crippen molar-refractivity contribution in [3.8, 4) is 0 Å². The molecular weight excluding hydrogens is 406 g/mol. The van der Waals surface area contributed by atoms with Crippen LogP contribution in [0.3, 0.4) is 0 Å². The lowest BCUT2D eigenvalue weighted by atomic mass is 10.1. The van der Waals surface area contributed by atoms with E-state index in [1.807, 2.05) is 33.8 Å². The van der Waals surface area contributed by atoms with E-state index in [2.05, 4.69) is 26.3 Å². The number of hydrogen-bond donors (Lipinski definition) is 1. The zero-order valence-electron chi connectivity index (χ0n) is 14.7. The molecule has 0 aliphatic rings. The summed E-state index contributed by atoms with van der Waals surface area (Å²) in [6.07, 6.45) is 0. The van der Waals surface area contributed by atoms with Gasteiger partial charge in [-0.3, -0.25) is 4.79 Å². The SMILES string of the molecule is Cc1cc(NC(=O)CS(=O)(=O)Cc2cccc(Br)c2)n(C(C)(C)C)n1. The third-order valence-electron chi connectivity index (χ3n) is 3.36. The highest BCUT2D eigenvalue weighted by atomic mass is 79.9. The summed E-state index contributed by atoms with van der Waals surface area (Å²) >= 11 is 3.31. The van der Waals surface area contributed by atoms with Crippen LogP contribution in [0.4, 0.5) is 5.82 Å². The fourth-order valence-corrected chi connectivity index (χ4v) is 4.12. The molecule has 0 aliphatic heterocycles. The Hall–Kier alpha value is -1.67. The van der Waals surface area contributed by atoms with Gasteiger partial charge in [0.1, 0.15) is 11.6 Å². The topological polar surface area (TPSA) is 81.1 Å². The number of carbonyl (C=O) groups excluding carboxylic acids is 1. The molecule has 2 rings (SSSR count). The third-order valence-corrected chi connectivity index (χ3v) is 5.33. The van der Waals surface area contributed by atoms with E-state index in [1.165, 1.54) is 0 Å². The Balaban J connectivity index is 2.10. The molecule has 136 valence electrons. The minimum absolute atomic E-state index is 0.183. The second-order valence-corrected chi connectivity index (χ2v) is 9.94. The molecule has 0 aliphatic carbocycles. The van der Waals surface area contributed by atoms with Crippen LogP contribution in [0.1, 0.15) is 32.0 Å². The van der Waals surface area contributed by atoms with E-state index >= 15 is 0 Å². The van der Waals surface area contributed by atoms with E-state index in [4.69, 9.17) is 0 Å². The number of carbonyl (C=O) groups is 1. The zero-order chi connectivity index (χ0) is 18.8. The molecule has 1 aromatic carbocycles. The van der Waals surface area contributed by atoms with E-state index in [-0.39, 0.29) is 11.3 Å². The van der Waals surface area contributed by atoms with Crippen LogP contribution < -0.4 is 5.32 Å². The third kappa shape index (κ3) is 5.67. The van der Waals surface area contributed by atoms with Crippen LogP contribution in [-0.2, 0) is 25.9 Å². The zero-order valence-corrected chi connectivity index (χ0v) is 17.1. The summed E-state index contributed by atoms with van der Waals surface area (Å²) in [5, 5.41) is 7.02. The van der Waals surface area contributed by atoms with E-state index in [1.54, 1.807) is 28.9 Å². The number of aryl methyl sites for hydroxylation is 1. The minimum Gasteiger partial charge on any atom is -0.310 e. The maximum atomic E-state index is 12.3. The number of aromatic nitrogens is 2. The van der Waals surface area contributed by atoms with Crippen molar-refractivity contribution >= 4 is 37.5 Å². The molecule has 0 unspecified atom stereocenters. The highest BCUT2D eigenvalue weighted by molar-refractivity contribution is 9.10. The molecular formula is C17H22BrN3O3S. The molecule has 1 heterocycles. The maximum Gasteiger partial charge on any atom is 0.240 e. The minimum atomic E-state index is -3.57. The highest BCUT2D eigenvalue weighted by Crippen LogP contribution is 2.21. The van der Waals surface area contributed by atoms with Crippen molar-refractivity contribution < 1.29 is 13.2 Å². The lowest BCUT2D eigenvalue weighted by Crippen LogP contribution is -2.29. The fourth-order valence-electron chi connectivity index (χ4n) is 2.41. The molecule has 0 atom stereocenters. The molecule has 2 aromatic rings. The van der Waals surface area contributed by atoms with Crippen LogP contribution in [0.15, 0.2) is 34.8 Å². The van der Waals surface area contributed by atoms with Crippen molar-refractivity contribution in [2.75, 3.05) is 11.1 Å². The van der Waals surface area contributed by atoms with E-state index < -0.39 is 21.5 Å². The standard InChI is InChI=1S/C17H22BrN3O3S/c1-12-8-15(21(20-12)17(2,3)4)19-16(22)11-25(23,24)10-13-6-5-7-14(18)9-13/h5-9H,10-11H2,1-4H3,(H,19,22). The summed E-state index contributed by atoms with van der Waals surface area (Å²) in [5.41, 5.74) is 1.06. The average Bonchev–Trinajstić information content (AvgIpc) is 2.77. The number of amides is 1. The number of hydrogen-bond acceptors (Lipinski definition) is 4. The summed E-state index contributed by atoms with van der Waals surface area (Å²) < 4.78 is 27.1. The molecule has 6 nitrogen and oxygen atoms in total. The second-order valence-electron chi connectivity index (χ2n) is 6.96. The van der Waals surface area contributed by atoms with Gasteiger partial charge in [0.15, 0.2) is 9.84 Å². The van der Waals surface area contributed by atoms with Crippen LogP contribution in [0, 0.1) is 6.92 Å². The fraction of sp³-hybridized carbons (Fsp3) is 0.412. The lowest BCUT2D eigenvalue weighted by Gasteiger charge is -2.22. The largest absolute Gasteiger partial charge is 0.310 e. The Morgan fingerprint density at radius 1 is 1.28 bits per heavy atom. The van der Waals surface area contributed by atoms with Gasteiger partial charge in [-0.1, -0.05) is 28.1 Å². The predicted molar refractivity (Wildman–Crippen MR) is 102 cm³/mol. The van der Waals surface area contributed by atoms with Gasteiger partial charge in [-0.2, -0.15) is 5.10 Å². The van der Waals surface area contributed by atoms with Crippen LogP contribution in [0.25, 0.3) is 0 Å². The quantitative estimate of drug-likeness (QED) is 0.793. The summed E-state index contributed by atoms with van der Waals surface area (Å²) in [6, 6.07) is 8.76. The molecule has 1 amide bonds. The first kappa shape index (κ1) is 19.7. The van der Waals surface area contributed by atoms with Crippen LogP contribution in [0.2, 0.25) is 0 Å². The van der Waals surface area contributed by atoms with Crippen LogP contribution in [0.5, 0.6) is 0 Å². The first-order chi connectivity index (χ1) is 11.5. The monoisotopic (exact) mass is 427 g/mol. The first-order valence-electron chi connectivity index (χ1n) is 7.78. The van der Waals surface area contributed by atoms with Crippen molar-refractivity contribution in [2.45, 2.75) is 39.0 Å². The van der Waals surface area contributed by atoms with Gasteiger partial charge in [-0.15, -0.1) is 0 Å². The smallest absolute Gasteiger partial charge is 0.240 e. The summed E-state index contributed by atoms with van der Waals surface area (Å²) in [7, 11) is -3.57. The Bertz CT molecular complexity index is 883. The molecule has 0 saturated heterocycles. The van der Waals surface area contributed by atoms with Gasteiger partial charge in [0, 0.05) is 10.5 Å². The molecule has 0 radical (unpaired) electrons. The molecule has 25 heavy (non-hydrogen) atoms. The number of halogens is 1. The van der Waals surface area contributed by atoms with Gasteiger partial charge in [0.25, 0.3) is 0 Å². The van der Waals surface area contributed by atoms with E-state index in [9.17, 15) is 13.2 Å². The molecule has 0 saturated carbocycles. The Labute approximate surface area is 156 Å². The summed E-state index contributed by atoms with van der Waals surface area (Å²) in [6.45, 7) is 7.69. The van der Waals surface area contributed by atoms with Gasteiger partial charge >= 0.3 is 0 Å².